The molecule has 1 rings (SSSR count). The van der Waals surface area contributed by atoms with Crippen LogP contribution in [0.15, 0.2) is 0 Å². The van der Waals surface area contributed by atoms with E-state index >= 15 is 0 Å². The summed E-state index contributed by atoms with van der Waals surface area (Å²) >= 11 is 0. The third-order valence-electron chi connectivity index (χ3n) is 3.19. The van der Waals surface area contributed by atoms with Crippen molar-refractivity contribution in [2.45, 2.75) is 47.0 Å². The first-order chi connectivity index (χ1) is 6.93. The Hall–Kier alpha value is -0.660. The van der Waals surface area contributed by atoms with Gasteiger partial charge in [-0.15, -0.1) is 0 Å². The molecule has 0 unspecified atom stereocenters. The van der Waals surface area contributed by atoms with Crippen LogP contribution in [-0.2, 0) is 9.59 Å². The third kappa shape index (κ3) is 3.44. The van der Waals surface area contributed by atoms with Crippen LogP contribution in [0.4, 0.5) is 0 Å². The first-order valence-electron chi connectivity index (χ1n) is 5.99. The molecule has 0 aromatic heterocycles. The van der Waals surface area contributed by atoms with Crippen LogP contribution in [0.1, 0.15) is 47.0 Å². The van der Waals surface area contributed by atoms with Gasteiger partial charge in [-0.05, 0) is 24.7 Å². The summed E-state index contributed by atoms with van der Waals surface area (Å²) in [7, 11) is 0. The summed E-state index contributed by atoms with van der Waals surface area (Å²) in [6.07, 6.45) is 2.17. The molecule has 0 bridgehead atoms. The van der Waals surface area contributed by atoms with Crippen LogP contribution in [0.25, 0.3) is 0 Å². The summed E-state index contributed by atoms with van der Waals surface area (Å²) in [5.41, 5.74) is 0. The molecule has 0 atom stereocenters. The number of hydrogen-bond donors (Lipinski definition) is 0. The lowest BCUT2D eigenvalue weighted by Gasteiger charge is -2.23. The van der Waals surface area contributed by atoms with E-state index in [2.05, 4.69) is 27.7 Å². The first-order valence-corrected chi connectivity index (χ1v) is 5.99. The Kier molecular flexibility index (Phi) is 4.06. The molecule has 0 radical (unpaired) electrons. The number of hydrogen-bond acceptors (Lipinski definition) is 2. The van der Waals surface area contributed by atoms with Gasteiger partial charge in [0.15, 0.2) is 0 Å². The Bertz CT molecular complexity index is 241. The van der Waals surface area contributed by atoms with Crippen molar-refractivity contribution in [3.8, 4) is 0 Å². The van der Waals surface area contributed by atoms with E-state index in [1.165, 1.54) is 0 Å². The second-order valence-corrected chi connectivity index (χ2v) is 5.40. The van der Waals surface area contributed by atoms with Crippen LogP contribution in [0, 0.1) is 23.7 Å². The Labute approximate surface area is 92.4 Å². The average Bonchev–Trinajstić information content (AvgIpc) is 2.82. The average molecular weight is 210 g/mol. The maximum absolute atomic E-state index is 11.9. The number of Topliss-reactive ketones (excluding diaryl/α,β-unsaturated/α-hetero) is 2. The number of carbonyl (C=O) groups is 2. The fourth-order valence-electron chi connectivity index (χ4n) is 2.35. The zero-order chi connectivity index (χ0) is 11.6. The van der Waals surface area contributed by atoms with E-state index in [9.17, 15) is 9.59 Å². The van der Waals surface area contributed by atoms with Crippen molar-refractivity contribution in [2.75, 3.05) is 0 Å². The van der Waals surface area contributed by atoms with Gasteiger partial charge in [0.25, 0.3) is 0 Å². The molecule has 0 aromatic carbocycles. The van der Waals surface area contributed by atoms with Gasteiger partial charge in [0.1, 0.15) is 11.6 Å². The fourth-order valence-corrected chi connectivity index (χ4v) is 2.35. The van der Waals surface area contributed by atoms with Crippen molar-refractivity contribution in [3.63, 3.8) is 0 Å². The highest BCUT2D eigenvalue weighted by Crippen LogP contribution is 2.32. The molecule has 1 aliphatic carbocycles. The van der Waals surface area contributed by atoms with Crippen LogP contribution in [-0.4, -0.2) is 11.6 Å². The zero-order valence-corrected chi connectivity index (χ0v) is 10.2. The molecule has 1 saturated carbocycles. The van der Waals surface area contributed by atoms with E-state index in [1.54, 1.807) is 0 Å². The van der Waals surface area contributed by atoms with Crippen LogP contribution in [0.2, 0.25) is 0 Å². The molecule has 1 aliphatic rings. The van der Waals surface area contributed by atoms with E-state index in [0.717, 1.165) is 12.8 Å². The SMILES string of the molecule is CC(C)C(C(=O)CC(=O)C1CC1)C(C)C. The van der Waals surface area contributed by atoms with Crippen molar-refractivity contribution < 1.29 is 9.59 Å². The Morgan fingerprint density at radius 3 is 1.87 bits per heavy atom. The maximum Gasteiger partial charge on any atom is 0.143 e. The highest BCUT2D eigenvalue weighted by atomic mass is 16.1. The molecule has 15 heavy (non-hydrogen) atoms. The third-order valence-corrected chi connectivity index (χ3v) is 3.19. The van der Waals surface area contributed by atoms with Crippen LogP contribution < -0.4 is 0 Å². The van der Waals surface area contributed by atoms with Crippen molar-refractivity contribution >= 4 is 11.6 Å². The van der Waals surface area contributed by atoms with E-state index in [0.29, 0.717) is 11.8 Å². The number of ketones is 2. The van der Waals surface area contributed by atoms with Crippen molar-refractivity contribution in [2.24, 2.45) is 23.7 Å². The van der Waals surface area contributed by atoms with Gasteiger partial charge in [0.05, 0.1) is 6.42 Å². The lowest BCUT2D eigenvalue weighted by atomic mass is 9.80. The van der Waals surface area contributed by atoms with Crippen LogP contribution >= 0.6 is 0 Å². The highest BCUT2D eigenvalue weighted by molar-refractivity contribution is 6.02. The molecule has 0 N–H and O–H groups in total. The summed E-state index contributed by atoms with van der Waals surface area (Å²) < 4.78 is 0. The summed E-state index contributed by atoms with van der Waals surface area (Å²) in [5.74, 6) is 1.26. The molecular formula is C13H22O2. The molecule has 0 aromatic rings. The quantitative estimate of drug-likeness (QED) is 0.632. The van der Waals surface area contributed by atoms with Gasteiger partial charge in [-0.25, -0.2) is 0 Å². The Morgan fingerprint density at radius 2 is 1.53 bits per heavy atom. The molecule has 2 heteroatoms. The lowest BCUT2D eigenvalue weighted by Crippen LogP contribution is -2.27. The van der Waals surface area contributed by atoms with E-state index in [1.807, 2.05) is 0 Å². The topological polar surface area (TPSA) is 34.1 Å². The Balaban J connectivity index is 2.51. The van der Waals surface area contributed by atoms with Gasteiger partial charge >= 0.3 is 0 Å². The second-order valence-electron chi connectivity index (χ2n) is 5.40. The number of carbonyl (C=O) groups excluding carboxylic acids is 2. The standard InChI is InChI=1S/C13H22O2/c1-8(2)13(9(3)4)12(15)7-11(14)10-5-6-10/h8-10,13H,5-7H2,1-4H3. The second kappa shape index (κ2) is 4.91. The van der Waals surface area contributed by atoms with Crippen molar-refractivity contribution in [3.05, 3.63) is 0 Å². The molecule has 0 heterocycles. The van der Waals surface area contributed by atoms with E-state index in [-0.39, 0.29) is 29.8 Å². The molecule has 86 valence electrons. The smallest absolute Gasteiger partial charge is 0.143 e. The molecule has 0 amide bonds. The minimum absolute atomic E-state index is 0.0488. The molecule has 0 aliphatic heterocycles. The first kappa shape index (κ1) is 12.4. The molecule has 2 nitrogen and oxygen atoms in total. The van der Waals surface area contributed by atoms with Gasteiger partial charge in [-0.2, -0.15) is 0 Å². The van der Waals surface area contributed by atoms with Gasteiger partial charge in [-0.1, -0.05) is 27.7 Å². The lowest BCUT2D eigenvalue weighted by molar-refractivity contribution is -0.131. The van der Waals surface area contributed by atoms with Crippen molar-refractivity contribution in [1.29, 1.82) is 0 Å². The minimum atomic E-state index is 0.0488. The fraction of sp³-hybridized carbons (Fsp3) is 0.846. The zero-order valence-electron chi connectivity index (χ0n) is 10.2. The minimum Gasteiger partial charge on any atom is -0.299 e. The predicted octanol–water partition coefficient (Wildman–Crippen LogP) is 2.85. The summed E-state index contributed by atoms with van der Waals surface area (Å²) in [6, 6.07) is 0. The van der Waals surface area contributed by atoms with Crippen molar-refractivity contribution in [1.82, 2.24) is 0 Å². The van der Waals surface area contributed by atoms with E-state index < -0.39 is 0 Å². The summed E-state index contributed by atoms with van der Waals surface area (Å²) in [5, 5.41) is 0. The van der Waals surface area contributed by atoms with Gasteiger partial charge < -0.3 is 0 Å². The molecule has 0 spiro atoms. The monoisotopic (exact) mass is 210 g/mol. The van der Waals surface area contributed by atoms with Crippen LogP contribution in [0.5, 0.6) is 0 Å². The highest BCUT2D eigenvalue weighted by Gasteiger charge is 2.33. The maximum atomic E-state index is 11.9. The number of rotatable bonds is 6. The molecule has 1 fully saturated rings. The summed E-state index contributed by atoms with van der Waals surface area (Å²) in [6.45, 7) is 8.24. The summed E-state index contributed by atoms with van der Waals surface area (Å²) in [4.78, 5) is 23.5. The largest absolute Gasteiger partial charge is 0.299 e. The molecule has 0 saturated heterocycles. The van der Waals surface area contributed by atoms with Gasteiger partial charge in [0, 0.05) is 11.8 Å². The van der Waals surface area contributed by atoms with Crippen LogP contribution in [0.3, 0.4) is 0 Å². The Morgan fingerprint density at radius 1 is 1.07 bits per heavy atom. The van der Waals surface area contributed by atoms with E-state index in [4.69, 9.17) is 0 Å². The normalized spacial score (nSPS) is 16.5. The molecular weight excluding hydrogens is 188 g/mol. The predicted molar refractivity (Wildman–Crippen MR) is 60.5 cm³/mol. The van der Waals surface area contributed by atoms with Gasteiger partial charge in [-0.3, -0.25) is 9.59 Å². The van der Waals surface area contributed by atoms with Gasteiger partial charge in [0.2, 0.25) is 0 Å².